The third kappa shape index (κ3) is 2.90. The monoisotopic (exact) mass is 358 g/mol. The summed E-state index contributed by atoms with van der Waals surface area (Å²) in [6, 6.07) is 1.43. The van der Waals surface area contributed by atoms with E-state index >= 15 is 0 Å². The summed E-state index contributed by atoms with van der Waals surface area (Å²) in [4.78, 5) is 28.8. The van der Waals surface area contributed by atoms with Gasteiger partial charge < -0.3 is 19.0 Å². The van der Waals surface area contributed by atoms with Crippen LogP contribution in [-0.2, 0) is 34.3 Å². The number of amides is 2. The van der Waals surface area contributed by atoms with E-state index in [-0.39, 0.29) is 18.4 Å². The SMILES string of the molecule is CN1C(=O)CO[C@@H](C(=O)N2CCCc3occc3C2)[C@@H]1c1cnn(C)c1. The van der Waals surface area contributed by atoms with E-state index in [0.29, 0.717) is 13.1 Å². The van der Waals surface area contributed by atoms with Crippen LogP contribution in [0, 0.1) is 0 Å². The van der Waals surface area contributed by atoms with Crippen molar-refractivity contribution >= 4 is 11.8 Å². The molecule has 2 atom stereocenters. The van der Waals surface area contributed by atoms with Gasteiger partial charge >= 0.3 is 0 Å². The zero-order valence-corrected chi connectivity index (χ0v) is 14.9. The molecule has 2 aliphatic heterocycles. The van der Waals surface area contributed by atoms with Gasteiger partial charge in [0.25, 0.3) is 5.91 Å². The predicted molar refractivity (Wildman–Crippen MR) is 90.9 cm³/mol. The van der Waals surface area contributed by atoms with Crippen LogP contribution < -0.4 is 0 Å². The molecular formula is C18H22N4O4. The Balaban J connectivity index is 1.61. The zero-order chi connectivity index (χ0) is 18.3. The first-order chi connectivity index (χ1) is 12.5. The normalized spacial score (nSPS) is 23.7. The minimum atomic E-state index is -0.740. The van der Waals surface area contributed by atoms with Gasteiger partial charge in [-0.3, -0.25) is 14.3 Å². The molecule has 1 fully saturated rings. The molecule has 138 valence electrons. The first kappa shape index (κ1) is 16.8. The van der Waals surface area contributed by atoms with Crippen molar-refractivity contribution in [2.45, 2.75) is 31.5 Å². The van der Waals surface area contributed by atoms with E-state index in [2.05, 4.69) is 5.10 Å². The highest BCUT2D eigenvalue weighted by molar-refractivity contribution is 5.86. The van der Waals surface area contributed by atoms with E-state index in [1.54, 1.807) is 41.0 Å². The van der Waals surface area contributed by atoms with Crippen molar-refractivity contribution < 1.29 is 18.7 Å². The summed E-state index contributed by atoms with van der Waals surface area (Å²) in [7, 11) is 3.51. The smallest absolute Gasteiger partial charge is 0.254 e. The molecule has 2 amide bonds. The highest BCUT2D eigenvalue weighted by atomic mass is 16.5. The Labute approximate surface area is 151 Å². The largest absolute Gasteiger partial charge is 0.469 e. The molecule has 0 bridgehead atoms. The van der Waals surface area contributed by atoms with Gasteiger partial charge in [0.15, 0.2) is 6.10 Å². The van der Waals surface area contributed by atoms with Gasteiger partial charge in [-0.05, 0) is 12.5 Å². The van der Waals surface area contributed by atoms with Gasteiger partial charge in [-0.15, -0.1) is 0 Å². The first-order valence-electron chi connectivity index (χ1n) is 8.74. The lowest BCUT2D eigenvalue weighted by Gasteiger charge is -2.39. The third-order valence-corrected chi connectivity index (χ3v) is 5.14. The number of carbonyl (C=O) groups excluding carboxylic acids is 2. The number of hydrogen-bond acceptors (Lipinski definition) is 5. The van der Waals surface area contributed by atoms with Crippen LogP contribution in [0.15, 0.2) is 29.1 Å². The van der Waals surface area contributed by atoms with E-state index < -0.39 is 12.1 Å². The van der Waals surface area contributed by atoms with Crippen LogP contribution in [0.1, 0.15) is 29.3 Å². The molecule has 1 saturated heterocycles. The van der Waals surface area contributed by atoms with Crippen molar-refractivity contribution in [3.05, 3.63) is 41.6 Å². The number of aryl methyl sites for hydroxylation is 2. The number of ether oxygens (including phenoxy) is 1. The molecule has 2 aromatic rings. The Morgan fingerprint density at radius 2 is 2.19 bits per heavy atom. The van der Waals surface area contributed by atoms with Crippen molar-refractivity contribution in [1.82, 2.24) is 19.6 Å². The van der Waals surface area contributed by atoms with Gasteiger partial charge in [-0.2, -0.15) is 5.10 Å². The second-order valence-corrected chi connectivity index (χ2v) is 6.86. The average Bonchev–Trinajstić information content (AvgIpc) is 3.20. The summed E-state index contributed by atoms with van der Waals surface area (Å²) in [5, 5.41) is 4.18. The summed E-state index contributed by atoms with van der Waals surface area (Å²) >= 11 is 0. The summed E-state index contributed by atoms with van der Waals surface area (Å²) in [5.41, 5.74) is 1.83. The highest BCUT2D eigenvalue weighted by Crippen LogP contribution is 2.31. The van der Waals surface area contributed by atoms with Crippen molar-refractivity contribution in [3.63, 3.8) is 0 Å². The number of morpholine rings is 1. The fourth-order valence-electron chi connectivity index (χ4n) is 3.72. The second kappa shape index (κ2) is 6.60. The van der Waals surface area contributed by atoms with E-state index in [4.69, 9.17) is 9.15 Å². The summed E-state index contributed by atoms with van der Waals surface area (Å²) < 4.78 is 12.9. The maximum atomic E-state index is 13.3. The van der Waals surface area contributed by atoms with Crippen LogP contribution in [0.25, 0.3) is 0 Å². The van der Waals surface area contributed by atoms with E-state index in [0.717, 1.165) is 29.7 Å². The maximum Gasteiger partial charge on any atom is 0.254 e. The fourth-order valence-corrected chi connectivity index (χ4v) is 3.72. The van der Waals surface area contributed by atoms with Gasteiger partial charge in [0.2, 0.25) is 5.91 Å². The fraction of sp³-hybridized carbons (Fsp3) is 0.500. The maximum absolute atomic E-state index is 13.3. The topological polar surface area (TPSA) is 80.8 Å². The lowest BCUT2D eigenvalue weighted by atomic mass is 10.00. The van der Waals surface area contributed by atoms with Gasteiger partial charge in [0, 0.05) is 50.9 Å². The molecule has 2 aliphatic rings. The number of fused-ring (bicyclic) bond motifs is 1. The van der Waals surface area contributed by atoms with Crippen LogP contribution in [0.2, 0.25) is 0 Å². The lowest BCUT2D eigenvalue weighted by Crippen LogP contribution is -2.53. The number of furan rings is 1. The molecule has 0 aliphatic carbocycles. The molecule has 0 radical (unpaired) electrons. The Morgan fingerprint density at radius 1 is 1.35 bits per heavy atom. The van der Waals surface area contributed by atoms with Gasteiger partial charge in [0.05, 0.1) is 18.5 Å². The Hall–Kier alpha value is -2.61. The van der Waals surface area contributed by atoms with Crippen LogP contribution in [0.5, 0.6) is 0 Å². The Kier molecular flexibility index (Phi) is 4.28. The molecule has 4 heterocycles. The highest BCUT2D eigenvalue weighted by Gasteiger charge is 2.42. The standard InChI is InChI=1S/C18H22N4O4/c1-20-9-13(8-19-20)16-17(26-11-15(23)21(16)2)18(24)22-6-3-4-14-12(10-22)5-7-25-14/h5,7-9,16-17H,3-4,6,10-11H2,1-2H3/t16-,17+/m0/s1. The molecule has 4 rings (SSSR count). The van der Waals surface area contributed by atoms with Crippen molar-refractivity contribution in [2.75, 3.05) is 20.2 Å². The molecule has 0 N–H and O–H groups in total. The molecule has 0 aromatic carbocycles. The Bertz CT molecular complexity index is 827. The molecular weight excluding hydrogens is 336 g/mol. The Morgan fingerprint density at radius 3 is 2.96 bits per heavy atom. The van der Waals surface area contributed by atoms with Gasteiger partial charge in [-0.1, -0.05) is 0 Å². The molecule has 0 spiro atoms. The third-order valence-electron chi connectivity index (χ3n) is 5.14. The number of rotatable bonds is 2. The minimum Gasteiger partial charge on any atom is -0.469 e. The van der Waals surface area contributed by atoms with Gasteiger partial charge in [-0.25, -0.2) is 0 Å². The van der Waals surface area contributed by atoms with Crippen molar-refractivity contribution in [2.24, 2.45) is 7.05 Å². The quantitative estimate of drug-likeness (QED) is 0.796. The van der Waals surface area contributed by atoms with Crippen molar-refractivity contribution in [1.29, 1.82) is 0 Å². The average molecular weight is 358 g/mol. The number of nitrogens with zero attached hydrogens (tertiary/aromatic N) is 4. The predicted octanol–water partition coefficient (Wildman–Crippen LogP) is 0.886. The van der Waals surface area contributed by atoms with Crippen LogP contribution in [-0.4, -0.2) is 57.7 Å². The van der Waals surface area contributed by atoms with Crippen molar-refractivity contribution in [3.8, 4) is 0 Å². The number of carbonyl (C=O) groups is 2. The first-order valence-corrected chi connectivity index (χ1v) is 8.74. The molecule has 2 aromatic heterocycles. The molecule has 8 heteroatoms. The number of likely N-dealkylation sites (N-methyl/N-ethyl adjacent to an activating group) is 1. The van der Waals surface area contributed by atoms with Crippen LogP contribution >= 0.6 is 0 Å². The number of aromatic nitrogens is 2. The number of hydrogen-bond donors (Lipinski definition) is 0. The minimum absolute atomic E-state index is 0.0888. The molecule has 26 heavy (non-hydrogen) atoms. The van der Waals surface area contributed by atoms with E-state index in [1.165, 1.54) is 0 Å². The van der Waals surface area contributed by atoms with Gasteiger partial charge in [0.1, 0.15) is 12.4 Å². The second-order valence-electron chi connectivity index (χ2n) is 6.86. The van der Waals surface area contributed by atoms with E-state index in [9.17, 15) is 9.59 Å². The van der Waals surface area contributed by atoms with Crippen LogP contribution in [0.4, 0.5) is 0 Å². The molecule has 0 unspecified atom stereocenters. The zero-order valence-electron chi connectivity index (χ0n) is 14.9. The van der Waals surface area contributed by atoms with E-state index in [1.807, 2.05) is 12.3 Å². The van der Waals surface area contributed by atoms with Crippen LogP contribution in [0.3, 0.4) is 0 Å². The molecule has 0 saturated carbocycles. The summed E-state index contributed by atoms with van der Waals surface area (Å²) in [6.45, 7) is 1.05. The summed E-state index contributed by atoms with van der Waals surface area (Å²) in [6.07, 6.45) is 6.09. The molecule has 8 nitrogen and oxygen atoms in total. The summed E-state index contributed by atoms with van der Waals surface area (Å²) in [5.74, 6) is 0.698. The lowest BCUT2D eigenvalue weighted by molar-refractivity contribution is -0.167.